The van der Waals surface area contributed by atoms with Crippen LogP contribution in [0, 0.1) is 0 Å². The van der Waals surface area contributed by atoms with Gasteiger partial charge in [-0.2, -0.15) is 4.98 Å². The summed E-state index contributed by atoms with van der Waals surface area (Å²) in [6.07, 6.45) is 3.17. The van der Waals surface area contributed by atoms with Gasteiger partial charge in [-0.25, -0.2) is 9.97 Å². The van der Waals surface area contributed by atoms with Crippen molar-refractivity contribution in [1.82, 2.24) is 19.5 Å². The Balaban J connectivity index is 2.26. The summed E-state index contributed by atoms with van der Waals surface area (Å²) in [5, 5.41) is 0. The zero-order chi connectivity index (χ0) is 17.5. The highest BCUT2D eigenvalue weighted by Crippen LogP contribution is 2.30. The third-order valence-electron chi connectivity index (χ3n) is 3.51. The zero-order valence-electron chi connectivity index (χ0n) is 14.3. The van der Waals surface area contributed by atoms with Gasteiger partial charge in [-0.05, 0) is 26.0 Å². The van der Waals surface area contributed by atoms with E-state index in [0.717, 1.165) is 0 Å². The van der Waals surface area contributed by atoms with E-state index in [1.165, 1.54) is 6.92 Å². The molecule has 3 aromatic heterocycles. The van der Waals surface area contributed by atoms with Crippen molar-refractivity contribution in [2.24, 2.45) is 0 Å². The number of imidazole rings is 1. The molecule has 0 N–H and O–H groups in total. The number of carbonyl (C=O) groups is 1. The summed E-state index contributed by atoms with van der Waals surface area (Å²) in [6.45, 7) is 4.93. The third kappa shape index (κ3) is 2.70. The summed E-state index contributed by atoms with van der Waals surface area (Å²) in [5.74, 6) is 0.727. The van der Waals surface area contributed by atoms with E-state index in [0.29, 0.717) is 28.6 Å². The smallest absolute Gasteiger partial charge is 0.304 e. The van der Waals surface area contributed by atoms with Crippen molar-refractivity contribution in [2.45, 2.75) is 26.5 Å². The Bertz CT molecular complexity index is 881. The lowest BCUT2D eigenvalue weighted by Gasteiger charge is -2.26. The fraction of sp³-hybridized carbons (Fsp3) is 0.375. The monoisotopic (exact) mass is 329 g/mol. The van der Waals surface area contributed by atoms with E-state index in [2.05, 4.69) is 15.0 Å². The number of furan rings is 1. The van der Waals surface area contributed by atoms with Crippen LogP contribution in [0.1, 0.15) is 20.8 Å². The van der Waals surface area contributed by atoms with Crippen molar-refractivity contribution >= 4 is 23.1 Å². The van der Waals surface area contributed by atoms with Gasteiger partial charge in [-0.15, -0.1) is 0 Å². The van der Waals surface area contributed by atoms with E-state index >= 15 is 0 Å². The van der Waals surface area contributed by atoms with Crippen LogP contribution in [0.3, 0.4) is 0 Å². The molecule has 0 aliphatic rings. The highest BCUT2D eigenvalue weighted by molar-refractivity contribution is 5.87. The van der Waals surface area contributed by atoms with Gasteiger partial charge in [0.2, 0.25) is 5.95 Å². The molecule has 0 bridgehead atoms. The molecule has 0 aliphatic carbocycles. The second-order valence-corrected chi connectivity index (χ2v) is 6.07. The van der Waals surface area contributed by atoms with E-state index in [1.54, 1.807) is 42.0 Å². The summed E-state index contributed by atoms with van der Waals surface area (Å²) in [5.41, 5.74) is 0.798. The van der Waals surface area contributed by atoms with Gasteiger partial charge >= 0.3 is 5.97 Å². The van der Waals surface area contributed by atoms with Gasteiger partial charge in [0.25, 0.3) is 0 Å². The number of ether oxygens (including phenoxy) is 1. The first-order valence-electron chi connectivity index (χ1n) is 7.46. The van der Waals surface area contributed by atoms with Crippen LogP contribution in [0.15, 0.2) is 29.1 Å². The van der Waals surface area contributed by atoms with Crippen molar-refractivity contribution in [3.8, 4) is 11.5 Å². The minimum Gasteiger partial charge on any atom is -0.463 e. The Morgan fingerprint density at radius 3 is 2.67 bits per heavy atom. The lowest BCUT2D eigenvalue weighted by Crippen LogP contribution is -2.31. The number of nitrogens with zero attached hydrogens (tertiary/aromatic N) is 5. The molecule has 0 amide bonds. The third-order valence-corrected chi connectivity index (χ3v) is 3.51. The number of esters is 1. The average Bonchev–Trinajstić information content (AvgIpc) is 3.14. The summed E-state index contributed by atoms with van der Waals surface area (Å²) in [6, 6.07) is 3.61. The number of aromatic nitrogens is 4. The molecule has 0 aromatic carbocycles. The molecule has 0 atom stereocenters. The fourth-order valence-electron chi connectivity index (χ4n) is 2.47. The van der Waals surface area contributed by atoms with Gasteiger partial charge in [-0.3, -0.25) is 9.36 Å². The van der Waals surface area contributed by atoms with Gasteiger partial charge in [-0.1, -0.05) is 0 Å². The topological polar surface area (TPSA) is 86.3 Å². The SMILES string of the molecule is CC(=O)OC(C)(C)n1cnc2c(-c3ccco3)nc(N(C)C)nc21. The van der Waals surface area contributed by atoms with E-state index in [4.69, 9.17) is 9.15 Å². The van der Waals surface area contributed by atoms with E-state index in [9.17, 15) is 4.79 Å². The van der Waals surface area contributed by atoms with Gasteiger partial charge in [0.15, 0.2) is 17.1 Å². The van der Waals surface area contributed by atoms with Crippen molar-refractivity contribution < 1.29 is 13.9 Å². The first-order chi connectivity index (χ1) is 11.3. The maximum Gasteiger partial charge on any atom is 0.304 e. The average molecular weight is 329 g/mol. The molecule has 0 fully saturated rings. The Hall–Kier alpha value is -2.90. The molecule has 3 heterocycles. The summed E-state index contributed by atoms with van der Waals surface area (Å²) >= 11 is 0. The largest absolute Gasteiger partial charge is 0.463 e. The molecule has 0 aliphatic heterocycles. The molecule has 24 heavy (non-hydrogen) atoms. The molecular weight excluding hydrogens is 310 g/mol. The number of rotatable bonds is 4. The van der Waals surface area contributed by atoms with Crippen LogP contribution in [-0.4, -0.2) is 39.6 Å². The van der Waals surface area contributed by atoms with Crippen LogP contribution in [0.2, 0.25) is 0 Å². The van der Waals surface area contributed by atoms with Crippen molar-refractivity contribution in [2.75, 3.05) is 19.0 Å². The summed E-state index contributed by atoms with van der Waals surface area (Å²) < 4.78 is 12.6. The van der Waals surface area contributed by atoms with Gasteiger partial charge in [0.05, 0.1) is 6.26 Å². The molecule has 3 aromatic rings. The Morgan fingerprint density at radius 2 is 2.08 bits per heavy atom. The molecule has 0 unspecified atom stereocenters. The summed E-state index contributed by atoms with van der Waals surface area (Å²) in [7, 11) is 3.70. The fourth-order valence-corrected chi connectivity index (χ4v) is 2.47. The molecule has 0 saturated heterocycles. The van der Waals surface area contributed by atoms with Crippen molar-refractivity contribution in [3.63, 3.8) is 0 Å². The number of hydrogen-bond acceptors (Lipinski definition) is 7. The molecule has 8 nitrogen and oxygen atoms in total. The van der Waals surface area contributed by atoms with Crippen LogP contribution < -0.4 is 4.90 Å². The van der Waals surface area contributed by atoms with Crippen molar-refractivity contribution in [1.29, 1.82) is 0 Å². The molecule has 0 spiro atoms. The van der Waals surface area contributed by atoms with Crippen LogP contribution in [0.5, 0.6) is 0 Å². The standard InChI is InChI=1S/C16H19N5O3/c1-10(22)24-16(2,3)21-9-17-13-12(11-7-6-8-23-11)18-15(20(4)5)19-14(13)21/h6-9H,1-5H3. The maximum atomic E-state index is 11.4. The first-order valence-corrected chi connectivity index (χ1v) is 7.46. The van der Waals surface area contributed by atoms with Gasteiger partial charge in [0, 0.05) is 21.0 Å². The number of hydrogen-bond donors (Lipinski definition) is 0. The van der Waals surface area contributed by atoms with E-state index in [-0.39, 0.29) is 5.97 Å². The van der Waals surface area contributed by atoms with Gasteiger partial charge in [0.1, 0.15) is 17.5 Å². The predicted molar refractivity (Wildman–Crippen MR) is 88.4 cm³/mol. The first kappa shape index (κ1) is 16.0. The van der Waals surface area contributed by atoms with E-state index in [1.807, 2.05) is 20.2 Å². The van der Waals surface area contributed by atoms with Crippen LogP contribution >= 0.6 is 0 Å². The minimum absolute atomic E-state index is 0.380. The molecule has 126 valence electrons. The number of anilines is 1. The van der Waals surface area contributed by atoms with Crippen molar-refractivity contribution in [3.05, 3.63) is 24.7 Å². The molecule has 0 saturated carbocycles. The summed E-state index contributed by atoms with van der Waals surface area (Å²) in [4.78, 5) is 26.7. The second-order valence-electron chi connectivity index (χ2n) is 6.07. The Labute approximate surface area is 139 Å². The number of fused-ring (bicyclic) bond motifs is 1. The minimum atomic E-state index is -0.932. The van der Waals surface area contributed by atoms with E-state index < -0.39 is 5.72 Å². The molecule has 8 heteroatoms. The normalized spacial score (nSPS) is 11.7. The lowest BCUT2D eigenvalue weighted by atomic mass is 10.2. The lowest BCUT2D eigenvalue weighted by molar-refractivity contribution is -0.162. The number of carbonyl (C=O) groups excluding carboxylic acids is 1. The molecular formula is C16H19N5O3. The maximum absolute atomic E-state index is 11.4. The molecule has 3 rings (SSSR count). The second kappa shape index (κ2) is 5.63. The van der Waals surface area contributed by atoms with Gasteiger partial charge < -0.3 is 14.1 Å². The van der Waals surface area contributed by atoms with Crippen LogP contribution in [-0.2, 0) is 15.3 Å². The Kier molecular flexibility index (Phi) is 3.75. The quantitative estimate of drug-likeness (QED) is 0.679. The molecule has 0 radical (unpaired) electrons. The predicted octanol–water partition coefficient (Wildman–Crippen LogP) is 2.41. The van der Waals surface area contributed by atoms with Crippen LogP contribution in [0.4, 0.5) is 5.95 Å². The Morgan fingerprint density at radius 1 is 1.33 bits per heavy atom. The zero-order valence-corrected chi connectivity index (χ0v) is 14.3. The highest BCUT2D eigenvalue weighted by atomic mass is 16.6. The van der Waals surface area contributed by atoms with Crippen LogP contribution in [0.25, 0.3) is 22.6 Å². The highest BCUT2D eigenvalue weighted by Gasteiger charge is 2.28.